The van der Waals surface area contributed by atoms with E-state index in [1.807, 2.05) is 24.3 Å². The van der Waals surface area contributed by atoms with E-state index in [2.05, 4.69) is 60.9 Å². The maximum absolute atomic E-state index is 12.6. The predicted octanol–water partition coefficient (Wildman–Crippen LogP) is 2.93. The summed E-state index contributed by atoms with van der Waals surface area (Å²) >= 11 is 0. The molecule has 0 radical (unpaired) electrons. The van der Waals surface area contributed by atoms with Gasteiger partial charge in [0.1, 0.15) is 6.04 Å². The van der Waals surface area contributed by atoms with E-state index in [-0.39, 0.29) is 19.0 Å². The number of carbonyl (C=O) groups excluding carboxylic acids is 6. The average molecular weight is 661 g/mol. The van der Waals surface area contributed by atoms with Gasteiger partial charge in [0.2, 0.25) is 23.5 Å². The summed E-state index contributed by atoms with van der Waals surface area (Å²) in [7, 11) is 0. The lowest BCUT2D eigenvalue weighted by Gasteiger charge is -2.28. The number of hydrogen-bond donors (Lipinski definition) is 4. The maximum Gasteiger partial charge on any atom is 0.289 e. The molecule has 1 aliphatic heterocycles. The van der Waals surface area contributed by atoms with Gasteiger partial charge in [-0.3, -0.25) is 33.8 Å². The molecule has 48 heavy (non-hydrogen) atoms. The van der Waals surface area contributed by atoms with Crippen LogP contribution in [0, 0.1) is 5.92 Å². The van der Waals surface area contributed by atoms with E-state index in [1.165, 1.54) is 25.1 Å². The summed E-state index contributed by atoms with van der Waals surface area (Å²) in [4.78, 5) is 79.7. The van der Waals surface area contributed by atoms with Crippen LogP contribution in [0.4, 0.5) is 0 Å². The number of Topliss-reactive ketones (excluding diaryl/α,β-unsaturated/α-hetero) is 1. The van der Waals surface area contributed by atoms with Gasteiger partial charge in [0.15, 0.2) is 0 Å². The number of rotatable bonds is 10. The lowest BCUT2D eigenvalue weighted by Crippen LogP contribution is -2.50. The van der Waals surface area contributed by atoms with Crippen molar-refractivity contribution in [2.24, 2.45) is 5.92 Å². The van der Waals surface area contributed by atoms with Crippen LogP contribution in [0.3, 0.4) is 0 Å². The first-order chi connectivity index (χ1) is 22.9. The van der Waals surface area contributed by atoms with Crippen LogP contribution in [0.25, 0.3) is 10.9 Å². The molecule has 0 fully saturated rings. The predicted molar refractivity (Wildman–Crippen MR) is 185 cm³/mol. The van der Waals surface area contributed by atoms with Gasteiger partial charge in [-0.25, -0.2) is 0 Å². The molecule has 0 saturated carbocycles. The zero-order valence-electron chi connectivity index (χ0n) is 28.7. The van der Waals surface area contributed by atoms with Crippen molar-refractivity contribution in [2.75, 3.05) is 26.2 Å². The molecule has 1 atom stereocenters. The van der Waals surface area contributed by atoms with Crippen LogP contribution in [0.15, 0.2) is 60.8 Å². The van der Waals surface area contributed by atoms with Gasteiger partial charge in [-0.2, -0.15) is 0 Å². The highest BCUT2D eigenvalue weighted by Gasteiger charge is 2.23. The molecule has 12 nitrogen and oxygen atoms in total. The standard InChI is InChI=1S/C29H30N6O6.C4H10.C3H8/c1-18(34-25(37)15-32-28(40)22-10-12-30-23-9-5-4-8-21(22)23)27(39)31-14-24(36)29(41)33-16-26(38)35-13-11-19-6-2-3-7-20(19)17-35;1-4(2)3;1-3-2/h2-10,12,18H,11,13-17H2,1H3,(H,31,39)(H,32,40)(H,33,41)(H,34,37);4H,1-3H3;3H2,1-2H3/t18-;;/m0../s1. The minimum atomic E-state index is -1.04. The average Bonchev–Trinajstić information content (AvgIpc) is 3.07. The number of para-hydroxylation sites is 1. The number of nitrogens with zero attached hydrogens (tertiary/aromatic N) is 2. The molecule has 0 aliphatic carbocycles. The zero-order valence-corrected chi connectivity index (χ0v) is 28.7. The van der Waals surface area contributed by atoms with Crippen molar-refractivity contribution in [3.05, 3.63) is 77.5 Å². The Balaban J connectivity index is 0.00000105. The van der Waals surface area contributed by atoms with Gasteiger partial charge in [-0.1, -0.05) is 83.5 Å². The Labute approximate surface area is 282 Å². The van der Waals surface area contributed by atoms with Crippen molar-refractivity contribution in [1.29, 1.82) is 0 Å². The Hall–Kier alpha value is -5.13. The van der Waals surface area contributed by atoms with Crippen molar-refractivity contribution in [3.63, 3.8) is 0 Å². The second kappa shape index (κ2) is 20.2. The second-order valence-electron chi connectivity index (χ2n) is 11.9. The topological polar surface area (TPSA) is 167 Å². The van der Waals surface area contributed by atoms with Crippen molar-refractivity contribution >= 4 is 46.2 Å². The van der Waals surface area contributed by atoms with Gasteiger partial charge < -0.3 is 26.2 Å². The highest BCUT2D eigenvalue weighted by Crippen LogP contribution is 2.18. The van der Waals surface area contributed by atoms with E-state index in [4.69, 9.17) is 0 Å². The number of carbonyl (C=O) groups is 6. The van der Waals surface area contributed by atoms with Crippen LogP contribution >= 0.6 is 0 Å². The van der Waals surface area contributed by atoms with E-state index >= 15 is 0 Å². The third-order valence-corrected chi connectivity index (χ3v) is 6.63. The van der Waals surface area contributed by atoms with Crippen LogP contribution < -0.4 is 21.3 Å². The number of pyridine rings is 1. The number of ketones is 1. The van der Waals surface area contributed by atoms with E-state index in [0.29, 0.717) is 36.0 Å². The number of benzene rings is 2. The van der Waals surface area contributed by atoms with Gasteiger partial charge in [0.25, 0.3) is 11.8 Å². The van der Waals surface area contributed by atoms with Crippen LogP contribution in [-0.2, 0) is 36.9 Å². The molecule has 5 amide bonds. The fraction of sp³-hybridized carbons (Fsp3) is 0.417. The highest BCUT2D eigenvalue weighted by atomic mass is 16.2. The molecule has 2 heterocycles. The summed E-state index contributed by atoms with van der Waals surface area (Å²) in [6.45, 7) is 11.8. The van der Waals surface area contributed by atoms with Crippen LogP contribution in [0.2, 0.25) is 0 Å². The van der Waals surface area contributed by atoms with Crippen molar-refractivity contribution in [1.82, 2.24) is 31.2 Å². The fourth-order valence-corrected chi connectivity index (χ4v) is 4.38. The number of hydrogen-bond acceptors (Lipinski definition) is 7. The van der Waals surface area contributed by atoms with E-state index in [1.54, 1.807) is 35.2 Å². The molecule has 4 N–H and O–H groups in total. The summed E-state index contributed by atoms with van der Waals surface area (Å²) in [5, 5.41) is 10.1. The summed E-state index contributed by atoms with van der Waals surface area (Å²) in [5.74, 6) is -3.22. The smallest absolute Gasteiger partial charge is 0.289 e. The molecule has 4 rings (SSSR count). The van der Waals surface area contributed by atoms with E-state index < -0.39 is 42.0 Å². The number of amides is 5. The Morgan fingerprint density at radius 2 is 1.42 bits per heavy atom. The van der Waals surface area contributed by atoms with Gasteiger partial charge >= 0.3 is 0 Å². The number of fused-ring (bicyclic) bond motifs is 2. The summed E-state index contributed by atoms with van der Waals surface area (Å²) < 4.78 is 0. The molecule has 2 aromatic carbocycles. The quantitative estimate of drug-likeness (QED) is 0.243. The lowest BCUT2D eigenvalue weighted by molar-refractivity contribution is -0.140. The molecule has 258 valence electrons. The van der Waals surface area contributed by atoms with Crippen LogP contribution in [0.1, 0.15) is 69.4 Å². The molecule has 1 aliphatic rings. The van der Waals surface area contributed by atoms with Gasteiger partial charge in [0.05, 0.1) is 30.7 Å². The Kier molecular flexibility index (Phi) is 16.4. The third kappa shape index (κ3) is 12.9. The van der Waals surface area contributed by atoms with Crippen molar-refractivity contribution in [2.45, 2.75) is 67.0 Å². The van der Waals surface area contributed by atoms with Crippen LogP contribution in [-0.4, -0.2) is 77.4 Å². The summed E-state index contributed by atoms with van der Waals surface area (Å²) in [6.07, 6.45) is 3.46. The second-order valence-corrected chi connectivity index (χ2v) is 11.9. The summed E-state index contributed by atoms with van der Waals surface area (Å²) in [5.41, 5.74) is 3.22. The normalized spacial score (nSPS) is 12.2. The zero-order chi connectivity index (χ0) is 35.6. The minimum absolute atomic E-state index is 0.315. The maximum atomic E-state index is 12.6. The first kappa shape index (κ1) is 39.1. The largest absolute Gasteiger partial charge is 0.347 e. The first-order valence-electron chi connectivity index (χ1n) is 16.2. The van der Waals surface area contributed by atoms with E-state index in [0.717, 1.165) is 11.5 Å². The Morgan fingerprint density at radius 3 is 2.10 bits per heavy atom. The van der Waals surface area contributed by atoms with Gasteiger partial charge in [-0.15, -0.1) is 0 Å². The first-order valence-corrected chi connectivity index (χ1v) is 16.2. The minimum Gasteiger partial charge on any atom is -0.347 e. The number of nitrogens with one attached hydrogen (secondary N) is 4. The van der Waals surface area contributed by atoms with Gasteiger partial charge in [0, 0.05) is 24.7 Å². The van der Waals surface area contributed by atoms with Crippen molar-refractivity contribution in [3.8, 4) is 0 Å². The fourth-order valence-electron chi connectivity index (χ4n) is 4.38. The monoisotopic (exact) mass is 660 g/mol. The SMILES string of the molecule is CC(C)C.CCC.C[C@H](NC(=O)CNC(=O)c1ccnc2ccccc12)C(=O)NCC(=O)C(=O)NCC(=O)N1CCc2ccccc2C1. The number of aromatic nitrogens is 1. The molecule has 0 unspecified atom stereocenters. The van der Waals surface area contributed by atoms with Crippen molar-refractivity contribution < 1.29 is 28.8 Å². The molecule has 1 aromatic heterocycles. The Morgan fingerprint density at radius 1 is 0.792 bits per heavy atom. The molecular weight excluding hydrogens is 612 g/mol. The molecule has 0 spiro atoms. The highest BCUT2D eigenvalue weighted by molar-refractivity contribution is 6.37. The molecular formula is C36H48N6O6. The third-order valence-electron chi connectivity index (χ3n) is 6.63. The molecule has 3 aromatic rings. The Bertz CT molecular complexity index is 1570. The van der Waals surface area contributed by atoms with E-state index in [9.17, 15) is 28.8 Å². The molecule has 0 saturated heterocycles. The van der Waals surface area contributed by atoms with Crippen LogP contribution in [0.5, 0.6) is 0 Å². The molecule has 0 bridgehead atoms. The molecule has 12 heteroatoms. The lowest BCUT2D eigenvalue weighted by atomic mass is 10.00. The summed E-state index contributed by atoms with van der Waals surface area (Å²) in [6, 6.07) is 15.4. The van der Waals surface area contributed by atoms with Gasteiger partial charge in [-0.05, 0) is 42.5 Å².